The van der Waals surface area contributed by atoms with E-state index in [9.17, 15) is 14.4 Å². The Morgan fingerprint density at radius 2 is 1.97 bits per heavy atom. The Hall–Kier alpha value is -2.90. The van der Waals surface area contributed by atoms with Crippen molar-refractivity contribution in [2.75, 3.05) is 23.9 Å². The second kappa shape index (κ2) is 7.05. The van der Waals surface area contributed by atoms with Gasteiger partial charge in [0.2, 0.25) is 17.7 Å². The average molecular weight is 466 g/mol. The van der Waals surface area contributed by atoms with Crippen LogP contribution in [-0.4, -0.2) is 42.3 Å². The van der Waals surface area contributed by atoms with E-state index in [1.54, 1.807) is 18.2 Å². The Bertz CT molecular complexity index is 1230. The smallest absolute Gasteiger partial charge is 0.250 e. The Labute approximate surface area is 196 Å². The monoisotopic (exact) mass is 465 g/mol. The topological polar surface area (TPSA) is 79.0 Å². The number of ether oxygens (including phenoxy) is 1. The number of amides is 3. The lowest BCUT2D eigenvalue weighted by atomic mass is 9.75. The first-order valence-electron chi connectivity index (χ1n) is 11.4. The summed E-state index contributed by atoms with van der Waals surface area (Å²) < 4.78 is 5.45. The molecule has 0 radical (unpaired) electrons. The molecule has 0 saturated carbocycles. The van der Waals surface area contributed by atoms with Gasteiger partial charge in [-0.2, -0.15) is 0 Å². The molecule has 4 heterocycles. The van der Waals surface area contributed by atoms with E-state index in [1.807, 2.05) is 18.2 Å². The SMILES string of the molecule is CCc1ccc2c(c1)C1(C(=O)N2)C2C(=O)N(c3cc(Cl)ccc3OC)C(=O)C2C2CCCN21. The van der Waals surface area contributed by atoms with Crippen LogP contribution < -0.4 is 15.0 Å². The number of fused-ring (bicyclic) bond motifs is 7. The van der Waals surface area contributed by atoms with Crippen molar-refractivity contribution in [1.82, 2.24) is 4.90 Å². The number of nitrogens with one attached hydrogen (secondary N) is 1. The highest BCUT2D eigenvalue weighted by molar-refractivity contribution is 6.32. The maximum absolute atomic E-state index is 14.1. The average Bonchev–Trinajstić information content (AvgIpc) is 3.51. The predicted octanol–water partition coefficient (Wildman–Crippen LogP) is 3.34. The van der Waals surface area contributed by atoms with Crippen LogP contribution in [0.15, 0.2) is 36.4 Å². The van der Waals surface area contributed by atoms with Crippen molar-refractivity contribution in [3.05, 3.63) is 52.5 Å². The van der Waals surface area contributed by atoms with E-state index in [0.717, 1.165) is 36.1 Å². The number of aryl methyl sites for hydroxylation is 1. The van der Waals surface area contributed by atoms with Gasteiger partial charge in [0.15, 0.2) is 0 Å². The van der Waals surface area contributed by atoms with Crippen LogP contribution in [0.25, 0.3) is 0 Å². The lowest BCUT2D eigenvalue weighted by Crippen LogP contribution is -2.54. The quantitative estimate of drug-likeness (QED) is 0.703. The Morgan fingerprint density at radius 1 is 1.15 bits per heavy atom. The van der Waals surface area contributed by atoms with E-state index in [1.165, 1.54) is 12.0 Å². The molecule has 8 heteroatoms. The Morgan fingerprint density at radius 3 is 2.73 bits per heavy atom. The van der Waals surface area contributed by atoms with E-state index >= 15 is 0 Å². The van der Waals surface area contributed by atoms with Crippen molar-refractivity contribution in [2.45, 2.75) is 37.8 Å². The summed E-state index contributed by atoms with van der Waals surface area (Å²) in [5.74, 6) is -1.87. The third-order valence-electron chi connectivity index (χ3n) is 7.85. The molecule has 4 atom stereocenters. The molecule has 4 unspecified atom stereocenters. The summed E-state index contributed by atoms with van der Waals surface area (Å²) >= 11 is 6.22. The summed E-state index contributed by atoms with van der Waals surface area (Å²) in [7, 11) is 1.49. The van der Waals surface area contributed by atoms with Gasteiger partial charge in [-0.15, -0.1) is 0 Å². The molecular weight excluding hydrogens is 442 g/mol. The van der Waals surface area contributed by atoms with Gasteiger partial charge in [-0.1, -0.05) is 30.7 Å². The molecule has 3 saturated heterocycles. The third-order valence-corrected chi connectivity index (χ3v) is 8.08. The molecule has 3 amide bonds. The first-order valence-corrected chi connectivity index (χ1v) is 11.7. The van der Waals surface area contributed by atoms with Crippen LogP contribution in [0.1, 0.15) is 30.9 Å². The number of imide groups is 1. The lowest BCUT2D eigenvalue weighted by molar-refractivity contribution is -0.135. The molecule has 33 heavy (non-hydrogen) atoms. The molecule has 7 nitrogen and oxygen atoms in total. The molecule has 1 N–H and O–H groups in total. The van der Waals surface area contributed by atoms with E-state index in [0.29, 0.717) is 23.0 Å². The minimum absolute atomic E-state index is 0.163. The van der Waals surface area contributed by atoms with Crippen LogP contribution in [0.4, 0.5) is 11.4 Å². The van der Waals surface area contributed by atoms with E-state index in [-0.39, 0.29) is 23.8 Å². The van der Waals surface area contributed by atoms with Crippen molar-refractivity contribution in [1.29, 1.82) is 0 Å². The van der Waals surface area contributed by atoms with Gasteiger partial charge in [-0.25, -0.2) is 4.90 Å². The number of nitrogens with zero attached hydrogens (tertiary/aromatic N) is 2. The van der Waals surface area contributed by atoms with Crippen LogP contribution in [0.5, 0.6) is 5.75 Å². The van der Waals surface area contributed by atoms with Crippen LogP contribution in [0.3, 0.4) is 0 Å². The van der Waals surface area contributed by atoms with E-state index < -0.39 is 17.4 Å². The molecule has 170 valence electrons. The zero-order chi connectivity index (χ0) is 23.1. The maximum atomic E-state index is 14.1. The first kappa shape index (κ1) is 20.7. The summed E-state index contributed by atoms with van der Waals surface area (Å²) in [6.07, 6.45) is 2.47. The number of rotatable bonds is 3. The van der Waals surface area contributed by atoms with Gasteiger partial charge >= 0.3 is 0 Å². The fourth-order valence-corrected chi connectivity index (χ4v) is 6.71. The van der Waals surface area contributed by atoms with E-state index in [4.69, 9.17) is 16.3 Å². The number of anilines is 2. The number of methoxy groups -OCH3 is 1. The van der Waals surface area contributed by atoms with Crippen molar-refractivity contribution in [2.24, 2.45) is 11.8 Å². The molecular formula is C25H24ClN3O4. The zero-order valence-electron chi connectivity index (χ0n) is 18.4. The minimum atomic E-state index is -1.18. The van der Waals surface area contributed by atoms with E-state index in [2.05, 4.69) is 17.1 Å². The minimum Gasteiger partial charge on any atom is -0.495 e. The molecule has 0 aromatic heterocycles. The highest BCUT2D eigenvalue weighted by atomic mass is 35.5. The van der Waals surface area contributed by atoms with Crippen LogP contribution in [0, 0.1) is 11.8 Å². The summed E-state index contributed by atoms with van der Waals surface area (Å²) in [4.78, 5) is 45.0. The summed E-state index contributed by atoms with van der Waals surface area (Å²) in [6.45, 7) is 2.74. The highest BCUT2D eigenvalue weighted by Crippen LogP contribution is 2.61. The predicted molar refractivity (Wildman–Crippen MR) is 123 cm³/mol. The van der Waals surface area contributed by atoms with Crippen molar-refractivity contribution >= 4 is 40.7 Å². The maximum Gasteiger partial charge on any atom is 0.250 e. The standard InChI is InChI=1S/C25H24ClN3O4/c1-3-13-6-8-16-15(11-13)25(24(32)27-16)21-20(17-5-4-10-28(17)25)22(30)29(23(21)31)18-12-14(26)7-9-19(18)33-2/h6-9,11-12,17,20-21H,3-5,10H2,1-2H3,(H,27,32). The molecule has 3 fully saturated rings. The fourth-order valence-electron chi connectivity index (χ4n) is 6.55. The first-order chi connectivity index (χ1) is 15.9. The third kappa shape index (κ3) is 2.47. The lowest BCUT2D eigenvalue weighted by Gasteiger charge is -2.37. The number of benzene rings is 2. The fraction of sp³-hybridized carbons (Fsp3) is 0.400. The molecule has 2 aromatic rings. The summed E-state index contributed by atoms with van der Waals surface area (Å²) in [5.41, 5.74) is 1.78. The Kier molecular flexibility index (Phi) is 4.42. The molecule has 4 aliphatic rings. The number of carbonyl (C=O) groups is 3. The molecule has 6 rings (SSSR count). The highest BCUT2D eigenvalue weighted by Gasteiger charge is 2.74. The number of carbonyl (C=O) groups excluding carboxylic acids is 3. The second-order valence-corrected chi connectivity index (χ2v) is 9.62. The van der Waals surface area contributed by atoms with Gasteiger partial charge in [0.25, 0.3) is 0 Å². The van der Waals surface area contributed by atoms with Crippen LogP contribution in [0.2, 0.25) is 5.02 Å². The molecule has 4 aliphatic heterocycles. The molecule has 0 bridgehead atoms. The number of halogens is 1. The van der Waals surface area contributed by atoms with Gasteiger partial charge in [0, 0.05) is 22.3 Å². The van der Waals surface area contributed by atoms with Gasteiger partial charge in [-0.3, -0.25) is 19.3 Å². The molecule has 0 aliphatic carbocycles. The Balaban J connectivity index is 1.56. The second-order valence-electron chi connectivity index (χ2n) is 9.19. The largest absolute Gasteiger partial charge is 0.495 e. The zero-order valence-corrected chi connectivity index (χ0v) is 19.2. The summed E-state index contributed by atoms with van der Waals surface area (Å²) in [5, 5.41) is 3.42. The summed E-state index contributed by atoms with van der Waals surface area (Å²) in [6, 6.07) is 10.7. The molecule has 2 aromatic carbocycles. The van der Waals surface area contributed by atoms with Crippen molar-refractivity contribution in [3.8, 4) is 5.75 Å². The number of hydrogen-bond acceptors (Lipinski definition) is 5. The van der Waals surface area contributed by atoms with Gasteiger partial charge in [0.05, 0.1) is 24.6 Å². The molecule has 1 spiro atoms. The van der Waals surface area contributed by atoms with Gasteiger partial charge in [0.1, 0.15) is 11.3 Å². The van der Waals surface area contributed by atoms with Crippen LogP contribution in [-0.2, 0) is 26.3 Å². The van der Waals surface area contributed by atoms with Crippen molar-refractivity contribution in [3.63, 3.8) is 0 Å². The normalized spacial score (nSPS) is 30.1. The van der Waals surface area contributed by atoms with Gasteiger partial charge < -0.3 is 10.1 Å². The van der Waals surface area contributed by atoms with Crippen LogP contribution >= 0.6 is 11.6 Å². The van der Waals surface area contributed by atoms with Gasteiger partial charge in [-0.05, 0) is 55.6 Å². The van der Waals surface area contributed by atoms with Crippen molar-refractivity contribution < 1.29 is 19.1 Å². The number of hydrogen-bond donors (Lipinski definition) is 1.